The predicted octanol–water partition coefficient (Wildman–Crippen LogP) is 5.88. The molecular formula is C23H23ClN2O3S2. The molecule has 0 saturated carbocycles. The molecule has 2 N–H and O–H groups in total. The minimum absolute atomic E-state index is 0.120. The second kappa shape index (κ2) is 9.77. The van der Waals surface area contributed by atoms with E-state index in [1.165, 1.54) is 23.9 Å². The van der Waals surface area contributed by atoms with E-state index >= 15 is 0 Å². The van der Waals surface area contributed by atoms with Crippen LogP contribution in [0.15, 0.2) is 76.5 Å². The van der Waals surface area contributed by atoms with Gasteiger partial charge in [0.1, 0.15) is 0 Å². The molecule has 0 aromatic heterocycles. The number of carbonyl (C=O) groups excluding carboxylic acids is 1. The predicted molar refractivity (Wildman–Crippen MR) is 129 cm³/mol. The fourth-order valence-corrected chi connectivity index (χ4v) is 4.90. The van der Waals surface area contributed by atoms with Crippen LogP contribution in [0, 0.1) is 13.8 Å². The van der Waals surface area contributed by atoms with Gasteiger partial charge in [-0.05, 0) is 86.5 Å². The molecule has 0 saturated heterocycles. The standard InChI is InChI=1S/C23H23ClN2O3S2/c1-15-4-5-16(2)22(14-15)26-31(28,29)21-12-8-19(9-13-21)25-23(27)17(3)30-20-10-6-18(24)7-11-20/h4-14,17,26H,1-3H3,(H,25,27). The highest BCUT2D eigenvalue weighted by molar-refractivity contribution is 8.00. The van der Waals surface area contributed by atoms with Gasteiger partial charge < -0.3 is 5.32 Å². The van der Waals surface area contributed by atoms with Crippen molar-refractivity contribution >= 4 is 50.7 Å². The number of benzene rings is 3. The van der Waals surface area contributed by atoms with Crippen molar-refractivity contribution in [1.82, 2.24) is 0 Å². The summed E-state index contributed by atoms with van der Waals surface area (Å²) in [6.45, 7) is 5.56. The van der Waals surface area contributed by atoms with Crippen LogP contribution >= 0.6 is 23.4 Å². The van der Waals surface area contributed by atoms with E-state index in [1.54, 1.807) is 30.3 Å². The average Bonchev–Trinajstić information content (AvgIpc) is 2.72. The molecule has 3 rings (SSSR count). The lowest BCUT2D eigenvalue weighted by Gasteiger charge is -2.14. The van der Waals surface area contributed by atoms with Crippen molar-refractivity contribution in [2.24, 2.45) is 0 Å². The number of amides is 1. The van der Waals surface area contributed by atoms with E-state index in [0.717, 1.165) is 16.0 Å². The molecule has 1 amide bonds. The highest BCUT2D eigenvalue weighted by Crippen LogP contribution is 2.26. The molecule has 0 spiro atoms. The second-order valence-corrected chi connectivity index (χ2v) is 10.7. The SMILES string of the molecule is Cc1ccc(C)c(NS(=O)(=O)c2ccc(NC(=O)C(C)Sc3ccc(Cl)cc3)cc2)c1. The Morgan fingerprint density at radius 3 is 2.26 bits per heavy atom. The van der Waals surface area contributed by atoms with Crippen LogP contribution in [0.5, 0.6) is 0 Å². The number of hydrogen-bond acceptors (Lipinski definition) is 4. The third kappa shape index (κ3) is 6.26. The third-order valence-corrected chi connectivity index (χ3v) is 7.31. The number of halogens is 1. The number of nitrogens with one attached hydrogen (secondary N) is 2. The topological polar surface area (TPSA) is 75.3 Å². The largest absolute Gasteiger partial charge is 0.325 e. The molecule has 5 nitrogen and oxygen atoms in total. The van der Waals surface area contributed by atoms with E-state index in [2.05, 4.69) is 10.0 Å². The third-order valence-electron chi connectivity index (χ3n) is 4.57. The minimum atomic E-state index is -3.74. The van der Waals surface area contributed by atoms with Gasteiger partial charge in [-0.1, -0.05) is 23.7 Å². The number of hydrogen-bond donors (Lipinski definition) is 2. The number of anilines is 2. The van der Waals surface area contributed by atoms with Gasteiger partial charge in [0.05, 0.1) is 15.8 Å². The van der Waals surface area contributed by atoms with Crippen molar-refractivity contribution in [3.63, 3.8) is 0 Å². The molecule has 0 heterocycles. The van der Waals surface area contributed by atoms with Crippen LogP contribution in [0.4, 0.5) is 11.4 Å². The molecule has 8 heteroatoms. The maximum atomic E-state index is 12.7. The molecule has 0 fully saturated rings. The fraction of sp³-hybridized carbons (Fsp3) is 0.174. The Balaban J connectivity index is 1.65. The fourth-order valence-electron chi connectivity index (χ4n) is 2.78. The normalized spacial score (nSPS) is 12.3. The van der Waals surface area contributed by atoms with Crippen molar-refractivity contribution in [3.05, 3.63) is 82.9 Å². The summed E-state index contributed by atoms with van der Waals surface area (Å²) >= 11 is 7.30. The molecular weight excluding hydrogens is 452 g/mol. The number of rotatable bonds is 7. The van der Waals surface area contributed by atoms with Crippen molar-refractivity contribution in [2.75, 3.05) is 10.0 Å². The first kappa shape index (κ1) is 23.2. The minimum Gasteiger partial charge on any atom is -0.325 e. The van der Waals surface area contributed by atoms with Crippen molar-refractivity contribution in [1.29, 1.82) is 0 Å². The average molecular weight is 475 g/mol. The van der Waals surface area contributed by atoms with Gasteiger partial charge in [0.2, 0.25) is 5.91 Å². The molecule has 0 aliphatic carbocycles. The van der Waals surface area contributed by atoms with E-state index in [0.29, 0.717) is 16.4 Å². The van der Waals surface area contributed by atoms with Crippen molar-refractivity contribution in [3.8, 4) is 0 Å². The second-order valence-electron chi connectivity index (χ2n) is 7.15. The van der Waals surface area contributed by atoms with Crippen LogP contribution in [-0.2, 0) is 14.8 Å². The Hall–Kier alpha value is -2.48. The van der Waals surface area contributed by atoms with Crippen LogP contribution in [0.1, 0.15) is 18.1 Å². The van der Waals surface area contributed by atoms with E-state index in [-0.39, 0.29) is 16.1 Å². The summed E-state index contributed by atoms with van der Waals surface area (Å²) in [4.78, 5) is 13.5. The Bertz CT molecular complexity index is 1180. The first-order chi connectivity index (χ1) is 14.6. The number of thioether (sulfide) groups is 1. The Labute approximate surface area is 192 Å². The summed E-state index contributed by atoms with van der Waals surface area (Å²) in [7, 11) is -3.74. The number of aryl methyl sites for hydroxylation is 2. The molecule has 162 valence electrons. The van der Waals surface area contributed by atoms with Gasteiger partial charge in [0.25, 0.3) is 10.0 Å². The molecule has 31 heavy (non-hydrogen) atoms. The lowest BCUT2D eigenvalue weighted by atomic mass is 10.1. The first-order valence-corrected chi connectivity index (χ1v) is 12.3. The van der Waals surface area contributed by atoms with Crippen LogP contribution < -0.4 is 10.0 Å². The molecule has 3 aromatic carbocycles. The van der Waals surface area contributed by atoms with Crippen LogP contribution in [0.25, 0.3) is 0 Å². The van der Waals surface area contributed by atoms with E-state index in [1.807, 2.05) is 45.0 Å². The first-order valence-electron chi connectivity index (χ1n) is 9.57. The zero-order chi connectivity index (χ0) is 22.6. The van der Waals surface area contributed by atoms with Gasteiger partial charge in [-0.15, -0.1) is 11.8 Å². The molecule has 1 atom stereocenters. The van der Waals surface area contributed by atoms with Crippen LogP contribution in [-0.4, -0.2) is 19.6 Å². The van der Waals surface area contributed by atoms with E-state index in [4.69, 9.17) is 11.6 Å². The maximum Gasteiger partial charge on any atom is 0.261 e. The van der Waals surface area contributed by atoms with Crippen molar-refractivity contribution < 1.29 is 13.2 Å². The smallest absolute Gasteiger partial charge is 0.261 e. The van der Waals surface area contributed by atoms with Gasteiger partial charge in [-0.3, -0.25) is 9.52 Å². The summed E-state index contributed by atoms with van der Waals surface area (Å²) in [6.07, 6.45) is 0. The molecule has 0 aliphatic heterocycles. The van der Waals surface area contributed by atoms with E-state index in [9.17, 15) is 13.2 Å². The van der Waals surface area contributed by atoms with Crippen LogP contribution in [0.3, 0.4) is 0 Å². The highest BCUT2D eigenvalue weighted by atomic mass is 35.5. The monoisotopic (exact) mass is 474 g/mol. The summed E-state index contributed by atoms with van der Waals surface area (Å²) in [5.74, 6) is -0.177. The summed E-state index contributed by atoms with van der Waals surface area (Å²) in [5.41, 5.74) is 2.88. The molecule has 3 aromatic rings. The summed E-state index contributed by atoms with van der Waals surface area (Å²) in [5, 5.41) is 3.12. The van der Waals surface area contributed by atoms with Crippen LogP contribution in [0.2, 0.25) is 5.02 Å². The quantitative estimate of drug-likeness (QED) is 0.419. The maximum absolute atomic E-state index is 12.7. The molecule has 0 radical (unpaired) electrons. The molecule has 0 bridgehead atoms. The van der Waals surface area contributed by atoms with Gasteiger partial charge in [0, 0.05) is 15.6 Å². The molecule has 1 unspecified atom stereocenters. The highest BCUT2D eigenvalue weighted by Gasteiger charge is 2.17. The Kier molecular flexibility index (Phi) is 7.30. The Morgan fingerprint density at radius 2 is 1.61 bits per heavy atom. The van der Waals surface area contributed by atoms with Gasteiger partial charge >= 0.3 is 0 Å². The van der Waals surface area contributed by atoms with Gasteiger partial charge in [0.15, 0.2) is 0 Å². The van der Waals surface area contributed by atoms with Gasteiger partial charge in [-0.25, -0.2) is 8.42 Å². The van der Waals surface area contributed by atoms with E-state index < -0.39 is 10.0 Å². The zero-order valence-corrected chi connectivity index (χ0v) is 19.7. The van der Waals surface area contributed by atoms with Crippen molar-refractivity contribution in [2.45, 2.75) is 35.8 Å². The lowest BCUT2D eigenvalue weighted by molar-refractivity contribution is -0.115. The zero-order valence-electron chi connectivity index (χ0n) is 17.3. The number of sulfonamides is 1. The molecule has 0 aliphatic rings. The summed E-state index contributed by atoms with van der Waals surface area (Å²) in [6, 6.07) is 19.0. The Morgan fingerprint density at radius 1 is 0.968 bits per heavy atom. The van der Waals surface area contributed by atoms with Gasteiger partial charge in [-0.2, -0.15) is 0 Å². The number of carbonyl (C=O) groups is 1. The summed E-state index contributed by atoms with van der Waals surface area (Å²) < 4.78 is 28.1. The lowest BCUT2D eigenvalue weighted by Crippen LogP contribution is -2.22.